The van der Waals surface area contributed by atoms with E-state index in [-0.39, 0.29) is 12.6 Å². The van der Waals surface area contributed by atoms with Crippen molar-refractivity contribution < 1.29 is 19.4 Å². The third kappa shape index (κ3) is 37.7. The van der Waals surface area contributed by atoms with Crippen molar-refractivity contribution in [3.05, 3.63) is 0 Å². The van der Waals surface area contributed by atoms with E-state index in [2.05, 4.69) is 13.8 Å². The fourth-order valence-corrected chi connectivity index (χ4v) is 6.33. The van der Waals surface area contributed by atoms with Gasteiger partial charge in [-0.1, -0.05) is 213 Å². The van der Waals surface area contributed by atoms with Crippen LogP contribution in [0.15, 0.2) is 0 Å². The largest absolute Gasteiger partial charge is 0.457 e. The van der Waals surface area contributed by atoms with Crippen LogP contribution in [0, 0.1) is 0 Å². The summed E-state index contributed by atoms with van der Waals surface area (Å²) in [5.41, 5.74) is 0. The van der Waals surface area contributed by atoms with E-state index >= 15 is 0 Å². The van der Waals surface area contributed by atoms with E-state index in [1.807, 2.05) is 0 Å². The van der Waals surface area contributed by atoms with E-state index in [9.17, 15) is 9.90 Å². The number of esters is 1. The molecule has 0 fully saturated rings. The van der Waals surface area contributed by atoms with Crippen LogP contribution in [0.4, 0.5) is 0 Å². The van der Waals surface area contributed by atoms with Crippen molar-refractivity contribution in [2.75, 3.05) is 19.8 Å². The molecule has 0 radical (unpaired) electrons. The van der Waals surface area contributed by atoms with Crippen LogP contribution in [0.5, 0.6) is 0 Å². The number of ether oxygens (including phenoxy) is 2. The van der Waals surface area contributed by atoms with E-state index in [1.165, 1.54) is 193 Å². The zero-order chi connectivity index (χ0) is 32.7. The Morgan fingerprint density at radius 3 is 1.04 bits per heavy atom. The van der Waals surface area contributed by atoms with E-state index in [4.69, 9.17) is 9.47 Å². The fourth-order valence-electron chi connectivity index (χ4n) is 6.33. The lowest BCUT2D eigenvalue weighted by molar-refractivity contribution is -0.154. The number of carbonyl (C=O) groups is 1. The standard InChI is InChI=1S/C41H82O4/c1-3-5-7-9-11-13-15-17-19-21-22-24-26-28-30-32-34-36-41(43)45-40(38-42)39-44-37-35-33-31-29-27-25-23-20-18-16-14-12-10-8-6-4-2/h40,42H,3-39H2,1-2H3. The second-order valence-electron chi connectivity index (χ2n) is 14.1. The van der Waals surface area contributed by atoms with E-state index in [0.717, 1.165) is 19.3 Å². The molecule has 0 aliphatic heterocycles. The summed E-state index contributed by atoms with van der Waals surface area (Å²) < 4.78 is 11.2. The fraction of sp³-hybridized carbons (Fsp3) is 0.976. The maximum absolute atomic E-state index is 12.2. The smallest absolute Gasteiger partial charge is 0.306 e. The Hall–Kier alpha value is -0.610. The molecular formula is C41H82O4. The molecule has 4 heteroatoms. The van der Waals surface area contributed by atoms with Crippen LogP contribution in [0.3, 0.4) is 0 Å². The molecule has 0 aliphatic rings. The third-order valence-electron chi connectivity index (χ3n) is 9.43. The van der Waals surface area contributed by atoms with Crippen molar-refractivity contribution in [2.45, 2.75) is 238 Å². The van der Waals surface area contributed by atoms with Crippen molar-refractivity contribution in [1.82, 2.24) is 0 Å². The number of carbonyl (C=O) groups excluding carboxylic acids is 1. The molecule has 0 heterocycles. The Labute approximate surface area is 283 Å². The summed E-state index contributed by atoms with van der Waals surface area (Å²) in [6.07, 6.45) is 44.4. The molecule has 0 aromatic carbocycles. The highest BCUT2D eigenvalue weighted by Gasteiger charge is 2.13. The minimum Gasteiger partial charge on any atom is -0.457 e. The highest BCUT2D eigenvalue weighted by Crippen LogP contribution is 2.16. The van der Waals surface area contributed by atoms with E-state index in [0.29, 0.717) is 19.6 Å². The minimum atomic E-state index is -0.524. The predicted octanol–water partition coefficient (Wildman–Crippen LogP) is 13.2. The van der Waals surface area contributed by atoms with Crippen molar-refractivity contribution in [1.29, 1.82) is 0 Å². The van der Waals surface area contributed by atoms with Crippen LogP contribution in [-0.2, 0) is 14.3 Å². The quantitative estimate of drug-likeness (QED) is 0.0537. The Morgan fingerprint density at radius 1 is 0.444 bits per heavy atom. The average molecular weight is 639 g/mol. The van der Waals surface area contributed by atoms with Gasteiger partial charge in [-0.2, -0.15) is 0 Å². The van der Waals surface area contributed by atoms with Gasteiger partial charge in [0.15, 0.2) is 0 Å². The van der Waals surface area contributed by atoms with Gasteiger partial charge in [-0.3, -0.25) is 4.79 Å². The molecule has 0 aromatic rings. The van der Waals surface area contributed by atoms with Gasteiger partial charge in [0.1, 0.15) is 6.10 Å². The van der Waals surface area contributed by atoms with Crippen molar-refractivity contribution in [2.24, 2.45) is 0 Å². The summed E-state index contributed by atoms with van der Waals surface area (Å²) in [5, 5.41) is 9.58. The minimum absolute atomic E-state index is 0.163. The first-order valence-electron chi connectivity index (χ1n) is 20.6. The van der Waals surface area contributed by atoms with Gasteiger partial charge in [0, 0.05) is 13.0 Å². The number of aliphatic hydroxyl groups is 1. The molecule has 4 nitrogen and oxygen atoms in total. The summed E-state index contributed by atoms with van der Waals surface area (Å²) >= 11 is 0. The predicted molar refractivity (Wildman–Crippen MR) is 196 cm³/mol. The number of unbranched alkanes of at least 4 members (excludes halogenated alkanes) is 31. The monoisotopic (exact) mass is 639 g/mol. The normalized spacial score (nSPS) is 12.2. The molecule has 1 N–H and O–H groups in total. The molecule has 270 valence electrons. The summed E-state index contributed by atoms with van der Waals surface area (Å²) in [6.45, 7) is 5.40. The molecule has 0 spiro atoms. The van der Waals surface area contributed by atoms with E-state index in [1.54, 1.807) is 0 Å². The first-order chi connectivity index (χ1) is 22.2. The molecule has 0 saturated heterocycles. The zero-order valence-corrected chi connectivity index (χ0v) is 30.9. The second kappa shape index (κ2) is 39.6. The first-order valence-corrected chi connectivity index (χ1v) is 20.6. The summed E-state index contributed by atoms with van der Waals surface area (Å²) in [5.74, 6) is -0.194. The second-order valence-corrected chi connectivity index (χ2v) is 14.1. The Kier molecular flexibility index (Phi) is 39.0. The molecular weight excluding hydrogens is 556 g/mol. The Balaban J connectivity index is 3.36. The molecule has 0 saturated carbocycles. The van der Waals surface area contributed by atoms with Crippen LogP contribution >= 0.6 is 0 Å². The van der Waals surface area contributed by atoms with Gasteiger partial charge in [0.2, 0.25) is 0 Å². The number of hydrogen-bond acceptors (Lipinski definition) is 4. The van der Waals surface area contributed by atoms with Crippen LogP contribution in [0.2, 0.25) is 0 Å². The molecule has 0 aromatic heterocycles. The van der Waals surface area contributed by atoms with Crippen LogP contribution < -0.4 is 0 Å². The third-order valence-corrected chi connectivity index (χ3v) is 9.43. The summed E-state index contributed by atoms with van der Waals surface area (Å²) in [6, 6.07) is 0. The zero-order valence-electron chi connectivity index (χ0n) is 30.9. The number of rotatable bonds is 39. The van der Waals surface area contributed by atoms with Crippen molar-refractivity contribution >= 4 is 5.97 Å². The Bertz CT molecular complexity index is 552. The average Bonchev–Trinajstić information content (AvgIpc) is 3.05. The van der Waals surface area contributed by atoms with Crippen molar-refractivity contribution in [3.63, 3.8) is 0 Å². The van der Waals surface area contributed by atoms with E-state index < -0.39 is 6.10 Å². The lowest BCUT2D eigenvalue weighted by Gasteiger charge is -2.16. The lowest BCUT2D eigenvalue weighted by Crippen LogP contribution is -2.27. The lowest BCUT2D eigenvalue weighted by atomic mass is 10.0. The van der Waals surface area contributed by atoms with Gasteiger partial charge < -0.3 is 14.6 Å². The highest BCUT2D eigenvalue weighted by atomic mass is 16.6. The van der Waals surface area contributed by atoms with Gasteiger partial charge in [-0.05, 0) is 12.8 Å². The first kappa shape index (κ1) is 44.4. The van der Waals surface area contributed by atoms with Crippen molar-refractivity contribution in [3.8, 4) is 0 Å². The maximum Gasteiger partial charge on any atom is 0.306 e. The molecule has 0 bridgehead atoms. The van der Waals surface area contributed by atoms with Crippen LogP contribution in [-0.4, -0.2) is 37.0 Å². The van der Waals surface area contributed by atoms with Gasteiger partial charge in [-0.15, -0.1) is 0 Å². The summed E-state index contributed by atoms with van der Waals surface area (Å²) in [7, 11) is 0. The molecule has 0 aliphatic carbocycles. The topological polar surface area (TPSA) is 55.8 Å². The number of aliphatic hydroxyl groups excluding tert-OH is 1. The van der Waals surface area contributed by atoms with Gasteiger partial charge in [0.25, 0.3) is 0 Å². The highest BCUT2D eigenvalue weighted by molar-refractivity contribution is 5.69. The maximum atomic E-state index is 12.2. The molecule has 1 atom stereocenters. The summed E-state index contributed by atoms with van der Waals surface area (Å²) in [4.78, 5) is 12.2. The Morgan fingerprint density at radius 2 is 0.733 bits per heavy atom. The molecule has 45 heavy (non-hydrogen) atoms. The van der Waals surface area contributed by atoms with Crippen LogP contribution in [0.1, 0.15) is 232 Å². The van der Waals surface area contributed by atoms with Crippen LogP contribution in [0.25, 0.3) is 0 Å². The molecule has 1 unspecified atom stereocenters. The van der Waals surface area contributed by atoms with Gasteiger partial charge in [0.05, 0.1) is 13.2 Å². The van der Waals surface area contributed by atoms with Gasteiger partial charge in [-0.25, -0.2) is 0 Å². The molecule has 0 rings (SSSR count). The van der Waals surface area contributed by atoms with Gasteiger partial charge >= 0.3 is 5.97 Å². The number of hydrogen-bond donors (Lipinski definition) is 1. The molecule has 0 amide bonds. The SMILES string of the molecule is CCCCCCCCCCCCCCCCCCCC(=O)OC(CO)COCCCCCCCCCCCCCCCCCC.